The van der Waals surface area contributed by atoms with Crippen molar-refractivity contribution in [2.24, 2.45) is 5.73 Å². The number of hydrogen-bond donors (Lipinski definition) is 1. The molecule has 0 saturated carbocycles. The summed E-state index contributed by atoms with van der Waals surface area (Å²) in [5.74, 6) is 0.643. The molecule has 0 bridgehead atoms. The zero-order valence-corrected chi connectivity index (χ0v) is 16.7. The second-order valence-corrected chi connectivity index (χ2v) is 5.76. The summed E-state index contributed by atoms with van der Waals surface area (Å²) < 4.78 is 0. The Morgan fingerprint density at radius 2 is 1.76 bits per heavy atom. The van der Waals surface area contributed by atoms with Gasteiger partial charge in [-0.3, -0.25) is 0 Å². The number of rotatable bonds is 3. The molecule has 2 rings (SSSR count). The first kappa shape index (κ1) is 22.7. The molecule has 1 atom stereocenters. The lowest BCUT2D eigenvalue weighted by atomic mass is 9.77. The topological polar surface area (TPSA) is 73.6 Å². The van der Waals surface area contributed by atoms with Crippen molar-refractivity contribution in [2.75, 3.05) is 0 Å². The number of nitrogens with zero attached hydrogens (tertiary/aromatic N) is 2. The molecule has 0 radical (unpaired) electrons. The number of hydrogen-bond acceptors (Lipinski definition) is 3. The van der Waals surface area contributed by atoms with Crippen molar-refractivity contribution in [3.63, 3.8) is 0 Å². The first-order chi connectivity index (χ1) is 12.1. The van der Waals surface area contributed by atoms with Crippen molar-refractivity contribution in [2.45, 2.75) is 79.6 Å². The third-order valence-electron chi connectivity index (χ3n) is 4.32. The molecule has 0 aromatic heterocycles. The fraction of sp³-hybridized carbons (Fsp3) is 0.545. The highest BCUT2D eigenvalue weighted by Crippen LogP contribution is 2.38. The second kappa shape index (κ2) is 12.2. The monoisotopic (exact) mass is 339 g/mol. The van der Waals surface area contributed by atoms with Gasteiger partial charge in [-0.1, -0.05) is 41.0 Å². The van der Waals surface area contributed by atoms with Crippen molar-refractivity contribution < 1.29 is 0 Å². The van der Waals surface area contributed by atoms with Crippen molar-refractivity contribution in [3.05, 3.63) is 40.0 Å². The van der Waals surface area contributed by atoms with Crippen LogP contribution in [0.4, 0.5) is 0 Å². The molecule has 1 aliphatic carbocycles. The van der Waals surface area contributed by atoms with Crippen LogP contribution >= 0.6 is 0 Å². The van der Waals surface area contributed by atoms with E-state index in [1.165, 1.54) is 42.4 Å². The van der Waals surface area contributed by atoms with Crippen LogP contribution in [-0.4, -0.2) is 0 Å². The Bertz CT molecular complexity index is 641. The molecule has 2 N–H and O–H groups in total. The van der Waals surface area contributed by atoms with Gasteiger partial charge in [-0.2, -0.15) is 10.5 Å². The third kappa shape index (κ3) is 5.64. The van der Waals surface area contributed by atoms with Crippen LogP contribution in [0.25, 0.3) is 5.70 Å². The molecule has 3 heteroatoms. The van der Waals surface area contributed by atoms with Gasteiger partial charge in [0.05, 0.1) is 5.70 Å². The maximum absolute atomic E-state index is 8.97. The molecule has 0 amide bonds. The van der Waals surface area contributed by atoms with E-state index < -0.39 is 0 Å². The number of aryl methyl sites for hydroxylation is 2. The molecule has 0 aliphatic heterocycles. The molecule has 1 aromatic carbocycles. The van der Waals surface area contributed by atoms with E-state index in [0.29, 0.717) is 11.6 Å². The Hall–Kier alpha value is -2.26. The Labute approximate surface area is 154 Å². The molecule has 25 heavy (non-hydrogen) atoms. The Balaban J connectivity index is 0.00000134. The Morgan fingerprint density at radius 3 is 2.28 bits per heavy atom. The number of benzene rings is 1. The number of fused-ring (bicyclic) bond motifs is 1. The number of nitrogens with two attached hydrogens (primary N) is 1. The van der Waals surface area contributed by atoms with Crippen molar-refractivity contribution in [3.8, 4) is 12.1 Å². The van der Waals surface area contributed by atoms with Gasteiger partial charge in [-0.15, -0.1) is 0 Å². The summed E-state index contributed by atoms with van der Waals surface area (Å²) in [6.45, 7) is 12.3. The highest BCUT2D eigenvalue weighted by Gasteiger charge is 2.22. The highest BCUT2D eigenvalue weighted by molar-refractivity contribution is 5.74. The maximum Gasteiger partial charge on any atom is 0.153 e. The minimum atomic E-state index is -0.00438. The standard InChI is InChI=1S/C18H21N3.2C2H6/c1-3-5-13-6-4-7-14-9-15(8-12(2)17(13)14)18(21)16(10-19)11-20;2*1-2/h8-9,13H,3-7,21H2,1-2H3;2*1-2H3. The molecule has 1 unspecified atom stereocenters. The minimum absolute atomic E-state index is 0.00438. The predicted molar refractivity (Wildman–Crippen MR) is 107 cm³/mol. The molecule has 0 heterocycles. The fourth-order valence-corrected chi connectivity index (χ4v) is 3.43. The first-order valence-corrected chi connectivity index (χ1v) is 9.56. The zero-order chi connectivity index (χ0) is 19.4. The van der Waals surface area contributed by atoms with Crippen LogP contribution in [0.2, 0.25) is 0 Å². The Kier molecular flexibility index (Phi) is 11.1. The summed E-state index contributed by atoms with van der Waals surface area (Å²) in [6.07, 6.45) is 5.94. The average molecular weight is 340 g/mol. The molecule has 1 aliphatic rings. The van der Waals surface area contributed by atoms with Crippen LogP contribution < -0.4 is 5.73 Å². The van der Waals surface area contributed by atoms with E-state index in [2.05, 4.69) is 19.9 Å². The minimum Gasteiger partial charge on any atom is -0.397 e. The van der Waals surface area contributed by atoms with E-state index in [0.717, 1.165) is 12.0 Å². The van der Waals surface area contributed by atoms with Gasteiger partial charge in [-0.25, -0.2) is 0 Å². The molecular weight excluding hydrogens is 306 g/mol. The first-order valence-electron chi connectivity index (χ1n) is 9.56. The van der Waals surface area contributed by atoms with Crippen LogP contribution in [0.1, 0.15) is 88.5 Å². The van der Waals surface area contributed by atoms with E-state index in [-0.39, 0.29) is 5.57 Å². The van der Waals surface area contributed by atoms with Crippen LogP contribution in [0, 0.1) is 29.6 Å². The largest absolute Gasteiger partial charge is 0.397 e. The van der Waals surface area contributed by atoms with Gasteiger partial charge in [-0.05, 0) is 67.3 Å². The molecular formula is C22H33N3. The van der Waals surface area contributed by atoms with Crippen molar-refractivity contribution in [1.29, 1.82) is 10.5 Å². The van der Waals surface area contributed by atoms with Gasteiger partial charge in [0.2, 0.25) is 0 Å². The maximum atomic E-state index is 8.97. The van der Waals surface area contributed by atoms with Gasteiger partial charge in [0.1, 0.15) is 12.1 Å². The number of nitriles is 2. The van der Waals surface area contributed by atoms with E-state index in [1.807, 2.05) is 45.9 Å². The summed E-state index contributed by atoms with van der Waals surface area (Å²) in [5, 5.41) is 17.9. The summed E-state index contributed by atoms with van der Waals surface area (Å²) in [7, 11) is 0. The average Bonchev–Trinajstić information content (AvgIpc) is 2.66. The predicted octanol–water partition coefficient (Wildman–Crippen LogP) is 5.98. The zero-order valence-electron chi connectivity index (χ0n) is 16.7. The van der Waals surface area contributed by atoms with Gasteiger partial charge in [0.25, 0.3) is 0 Å². The van der Waals surface area contributed by atoms with Crippen LogP contribution in [0.3, 0.4) is 0 Å². The van der Waals surface area contributed by atoms with Gasteiger partial charge in [0, 0.05) is 5.56 Å². The van der Waals surface area contributed by atoms with E-state index in [9.17, 15) is 0 Å². The summed E-state index contributed by atoms with van der Waals surface area (Å²) in [6, 6.07) is 7.85. The fourth-order valence-electron chi connectivity index (χ4n) is 3.43. The third-order valence-corrected chi connectivity index (χ3v) is 4.32. The quantitative estimate of drug-likeness (QED) is 0.688. The van der Waals surface area contributed by atoms with Gasteiger partial charge in [0.15, 0.2) is 5.57 Å². The molecule has 0 spiro atoms. The molecule has 136 valence electrons. The lowest BCUT2D eigenvalue weighted by molar-refractivity contribution is 0.512. The van der Waals surface area contributed by atoms with Crippen LogP contribution in [0.15, 0.2) is 17.7 Å². The van der Waals surface area contributed by atoms with Crippen LogP contribution in [-0.2, 0) is 6.42 Å². The normalized spacial score (nSPS) is 14.3. The van der Waals surface area contributed by atoms with Gasteiger partial charge >= 0.3 is 0 Å². The van der Waals surface area contributed by atoms with Gasteiger partial charge < -0.3 is 5.73 Å². The summed E-state index contributed by atoms with van der Waals surface area (Å²) >= 11 is 0. The SMILES string of the molecule is CC.CC.CCCC1CCCc2cc(C(N)=C(C#N)C#N)cc(C)c21. The summed E-state index contributed by atoms with van der Waals surface area (Å²) in [5.41, 5.74) is 11.1. The van der Waals surface area contributed by atoms with E-state index >= 15 is 0 Å². The van der Waals surface area contributed by atoms with Crippen molar-refractivity contribution >= 4 is 5.70 Å². The molecule has 0 saturated heterocycles. The highest BCUT2D eigenvalue weighted by atomic mass is 14.6. The van der Waals surface area contributed by atoms with Crippen molar-refractivity contribution in [1.82, 2.24) is 0 Å². The summed E-state index contributed by atoms with van der Waals surface area (Å²) in [4.78, 5) is 0. The van der Waals surface area contributed by atoms with E-state index in [1.54, 1.807) is 0 Å². The lowest BCUT2D eigenvalue weighted by Crippen LogP contribution is -2.13. The lowest BCUT2D eigenvalue weighted by Gasteiger charge is -2.28. The second-order valence-electron chi connectivity index (χ2n) is 5.76. The molecule has 0 fully saturated rings. The smallest absolute Gasteiger partial charge is 0.153 e. The molecule has 1 aromatic rings. The van der Waals surface area contributed by atoms with E-state index in [4.69, 9.17) is 16.3 Å². The molecule has 3 nitrogen and oxygen atoms in total. The number of allylic oxidation sites excluding steroid dienone is 1. The van der Waals surface area contributed by atoms with Crippen LogP contribution in [0.5, 0.6) is 0 Å². The Morgan fingerprint density at radius 1 is 1.16 bits per heavy atom.